The predicted octanol–water partition coefficient (Wildman–Crippen LogP) is 3.28. The molecule has 0 radical (unpaired) electrons. The number of halogens is 1. The monoisotopic (exact) mass is 280 g/mol. The lowest BCUT2D eigenvalue weighted by atomic mass is 10.2. The van der Waals surface area contributed by atoms with Crippen LogP contribution in [0.25, 0.3) is 0 Å². The van der Waals surface area contributed by atoms with E-state index in [4.69, 9.17) is 10.2 Å². The maximum atomic E-state index is 5.86. The number of benzene rings is 1. The minimum Gasteiger partial charge on any atom is -0.469 e. The van der Waals surface area contributed by atoms with Gasteiger partial charge in [-0.05, 0) is 30.3 Å². The van der Waals surface area contributed by atoms with Gasteiger partial charge in [0.05, 0.1) is 17.6 Å². The van der Waals surface area contributed by atoms with Gasteiger partial charge in [-0.25, -0.2) is 0 Å². The summed E-state index contributed by atoms with van der Waals surface area (Å²) in [6.45, 7) is 0.805. The summed E-state index contributed by atoms with van der Waals surface area (Å²) in [5.74, 6) is 0.975. The van der Waals surface area contributed by atoms with Crippen LogP contribution in [0.4, 0.5) is 11.4 Å². The highest BCUT2D eigenvalue weighted by Crippen LogP contribution is 2.22. The molecule has 1 heterocycles. The van der Waals surface area contributed by atoms with Crippen molar-refractivity contribution in [1.82, 2.24) is 0 Å². The summed E-state index contributed by atoms with van der Waals surface area (Å²) in [5.41, 5.74) is 7.56. The zero-order chi connectivity index (χ0) is 11.4. The number of furan rings is 1. The molecule has 3 nitrogen and oxygen atoms in total. The first kappa shape index (κ1) is 11.1. The third-order valence-electron chi connectivity index (χ3n) is 2.28. The molecule has 0 bridgehead atoms. The lowest BCUT2D eigenvalue weighted by Crippen LogP contribution is -2.06. The molecule has 2 rings (SSSR count). The summed E-state index contributed by atoms with van der Waals surface area (Å²) in [7, 11) is 0. The number of nitrogens with one attached hydrogen (secondary N) is 1. The average molecular weight is 281 g/mol. The van der Waals surface area contributed by atoms with Gasteiger partial charge in [-0.3, -0.25) is 0 Å². The third-order valence-corrected chi connectivity index (χ3v) is 2.77. The molecule has 0 amide bonds. The Balaban J connectivity index is 1.90. The molecular weight excluding hydrogens is 268 g/mol. The molecule has 0 spiro atoms. The average Bonchev–Trinajstić information content (AvgIpc) is 2.74. The highest BCUT2D eigenvalue weighted by Gasteiger charge is 2.00. The van der Waals surface area contributed by atoms with E-state index >= 15 is 0 Å². The molecule has 0 saturated carbocycles. The van der Waals surface area contributed by atoms with Crippen LogP contribution in [-0.2, 0) is 6.42 Å². The van der Waals surface area contributed by atoms with Gasteiger partial charge in [-0.2, -0.15) is 0 Å². The van der Waals surface area contributed by atoms with Crippen molar-refractivity contribution in [3.63, 3.8) is 0 Å². The van der Waals surface area contributed by atoms with Gasteiger partial charge >= 0.3 is 0 Å². The van der Waals surface area contributed by atoms with E-state index in [9.17, 15) is 0 Å². The van der Waals surface area contributed by atoms with Crippen molar-refractivity contribution in [2.24, 2.45) is 0 Å². The Hall–Kier alpha value is -1.42. The number of nitrogen functional groups attached to an aromatic ring is 1. The molecule has 1 aromatic heterocycles. The van der Waals surface area contributed by atoms with Gasteiger partial charge in [-0.15, -0.1) is 0 Å². The fraction of sp³-hybridized carbons (Fsp3) is 0.167. The van der Waals surface area contributed by atoms with Gasteiger partial charge < -0.3 is 15.5 Å². The molecule has 16 heavy (non-hydrogen) atoms. The minimum absolute atomic E-state index is 0.744. The van der Waals surface area contributed by atoms with Crippen LogP contribution in [0.15, 0.2) is 45.5 Å². The Morgan fingerprint density at radius 1 is 1.31 bits per heavy atom. The summed E-state index contributed by atoms with van der Waals surface area (Å²) in [6, 6.07) is 9.66. The molecule has 1 aromatic carbocycles. The lowest BCUT2D eigenvalue weighted by Gasteiger charge is -2.08. The van der Waals surface area contributed by atoms with Crippen molar-refractivity contribution >= 4 is 27.3 Å². The number of hydrogen-bond donors (Lipinski definition) is 2. The Labute approximate surface area is 103 Å². The van der Waals surface area contributed by atoms with Crippen LogP contribution in [0, 0.1) is 0 Å². The van der Waals surface area contributed by atoms with E-state index in [2.05, 4.69) is 21.2 Å². The van der Waals surface area contributed by atoms with Crippen molar-refractivity contribution in [2.75, 3.05) is 17.6 Å². The summed E-state index contributed by atoms with van der Waals surface area (Å²) in [4.78, 5) is 0. The van der Waals surface area contributed by atoms with E-state index in [1.165, 1.54) is 0 Å². The van der Waals surface area contributed by atoms with Crippen LogP contribution in [0.2, 0.25) is 0 Å². The van der Waals surface area contributed by atoms with Gasteiger partial charge in [0.15, 0.2) is 0 Å². The number of hydrogen-bond acceptors (Lipinski definition) is 3. The SMILES string of the molecule is Nc1cc(Br)ccc1NCCc1ccco1. The molecule has 0 aliphatic rings. The molecule has 0 saturated heterocycles. The molecule has 84 valence electrons. The van der Waals surface area contributed by atoms with Crippen LogP contribution < -0.4 is 11.1 Å². The van der Waals surface area contributed by atoms with Gasteiger partial charge in [0.2, 0.25) is 0 Å². The van der Waals surface area contributed by atoms with Crippen LogP contribution in [0.3, 0.4) is 0 Å². The highest BCUT2D eigenvalue weighted by molar-refractivity contribution is 9.10. The Morgan fingerprint density at radius 3 is 2.88 bits per heavy atom. The van der Waals surface area contributed by atoms with E-state index < -0.39 is 0 Å². The first-order valence-electron chi connectivity index (χ1n) is 5.07. The molecule has 0 atom stereocenters. The second kappa shape index (κ2) is 5.07. The largest absolute Gasteiger partial charge is 0.469 e. The van der Waals surface area contributed by atoms with Crippen molar-refractivity contribution in [2.45, 2.75) is 6.42 Å². The standard InChI is InChI=1S/C12H13BrN2O/c13-9-3-4-12(11(14)8-9)15-6-5-10-2-1-7-16-10/h1-4,7-8,15H,5-6,14H2. The van der Waals surface area contributed by atoms with E-state index in [1.54, 1.807) is 6.26 Å². The maximum Gasteiger partial charge on any atom is 0.105 e. The first-order valence-corrected chi connectivity index (χ1v) is 5.86. The van der Waals surface area contributed by atoms with E-state index in [0.29, 0.717) is 0 Å². The van der Waals surface area contributed by atoms with Crippen LogP contribution in [-0.4, -0.2) is 6.54 Å². The summed E-state index contributed by atoms with van der Waals surface area (Å²) < 4.78 is 6.23. The first-order chi connectivity index (χ1) is 7.75. The Morgan fingerprint density at radius 2 is 2.19 bits per heavy atom. The van der Waals surface area contributed by atoms with Crippen LogP contribution in [0.1, 0.15) is 5.76 Å². The number of nitrogens with two attached hydrogens (primary N) is 1. The molecular formula is C12H13BrN2O. The van der Waals surface area contributed by atoms with E-state index in [0.717, 1.165) is 34.6 Å². The van der Waals surface area contributed by atoms with E-state index in [-0.39, 0.29) is 0 Å². The predicted molar refractivity (Wildman–Crippen MR) is 69.5 cm³/mol. The highest BCUT2D eigenvalue weighted by atomic mass is 79.9. The quantitative estimate of drug-likeness (QED) is 0.845. The minimum atomic E-state index is 0.744. The number of anilines is 2. The maximum absolute atomic E-state index is 5.86. The summed E-state index contributed by atoms with van der Waals surface area (Å²) in [5, 5.41) is 3.27. The number of rotatable bonds is 4. The zero-order valence-corrected chi connectivity index (χ0v) is 10.3. The smallest absolute Gasteiger partial charge is 0.105 e. The van der Waals surface area contributed by atoms with Crippen LogP contribution in [0.5, 0.6) is 0 Å². The Bertz CT molecular complexity index is 454. The van der Waals surface area contributed by atoms with Crippen molar-refractivity contribution in [3.05, 3.63) is 46.8 Å². The summed E-state index contributed by atoms with van der Waals surface area (Å²) >= 11 is 3.37. The molecule has 0 aliphatic heterocycles. The normalized spacial score (nSPS) is 10.3. The zero-order valence-electron chi connectivity index (χ0n) is 8.74. The molecule has 0 fully saturated rings. The van der Waals surface area contributed by atoms with Gasteiger partial charge in [0, 0.05) is 17.4 Å². The van der Waals surface area contributed by atoms with E-state index in [1.807, 2.05) is 30.3 Å². The molecule has 3 N–H and O–H groups in total. The van der Waals surface area contributed by atoms with Crippen molar-refractivity contribution in [1.29, 1.82) is 0 Å². The van der Waals surface area contributed by atoms with Gasteiger partial charge in [-0.1, -0.05) is 15.9 Å². The second-order valence-electron chi connectivity index (χ2n) is 3.49. The molecule has 2 aromatic rings. The molecule has 0 unspecified atom stereocenters. The summed E-state index contributed by atoms with van der Waals surface area (Å²) in [6.07, 6.45) is 2.53. The third kappa shape index (κ3) is 2.79. The van der Waals surface area contributed by atoms with Crippen LogP contribution >= 0.6 is 15.9 Å². The fourth-order valence-electron chi connectivity index (χ4n) is 1.47. The lowest BCUT2D eigenvalue weighted by molar-refractivity contribution is 0.513. The molecule has 0 aliphatic carbocycles. The van der Waals surface area contributed by atoms with Gasteiger partial charge in [0.25, 0.3) is 0 Å². The topological polar surface area (TPSA) is 51.2 Å². The van der Waals surface area contributed by atoms with Crippen molar-refractivity contribution < 1.29 is 4.42 Å². The second-order valence-corrected chi connectivity index (χ2v) is 4.40. The van der Waals surface area contributed by atoms with Gasteiger partial charge in [0.1, 0.15) is 5.76 Å². The van der Waals surface area contributed by atoms with Crippen molar-refractivity contribution in [3.8, 4) is 0 Å². The molecule has 4 heteroatoms. The fourth-order valence-corrected chi connectivity index (χ4v) is 1.85. The Kier molecular flexibility index (Phi) is 3.51.